The van der Waals surface area contributed by atoms with Gasteiger partial charge in [-0.25, -0.2) is 14.0 Å². The SMILES string of the molecule is CC(C)(C)OC(=O)N1CCN(c2ccc(OCc3ccccc3)c(N=C=O)c2F)CC1. The standard InChI is InChI=1S/C23H26FN3O4/c1-23(2,3)31-22(29)27-13-11-26(12-14-27)18-9-10-19(21(20(18)24)25-16-28)30-15-17-7-5-4-6-8-17/h4-10H,11-15H2,1-3H3. The Morgan fingerprint density at radius 1 is 1.10 bits per heavy atom. The van der Waals surface area contributed by atoms with Gasteiger partial charge in [-0.2, -0.15) is 4.99 Å². The molecule has 1 heterocycles. The van der Waals surface area contributed by atoms with E-state index < -0.39 is 11.4 Å². The first-order valence-corrected chi connectivity index (χ1v) is 10.1. The predicted octanol–water partition coefficient (Wildman–Crippen LogP) is 4.43. The van der Waals surface area contributed by atoms with Crippen molar-refractivity contribution in [1.82, 2.24) is 4.90 Å². The summed E-state index contributed by atoms with van der Waals surface area (Å²) >= 11 is 0. The van der Waals surface area contributed by atoms with Crippen molar-refractivity contribution < 1.29 is 23.5 Å². The van der Waals surface area contributed by atoms with Crippen LogP contribution in [0.3, 0.4) is 0 Å². The smallest absolute Gasteiger partial charge is 0.410 e. The third kappa shape index (κ3) is 5.83. The van der Waals surface area contributed by atoms with Gasteiger partial charge in [0.15, 0.2) is 11.5 Å². The summed E-state index contributed by atoms with van der Waals surface area (Å²) in [5.74, 6) is -0.486. The Morgan fingerprint density at radius 3 is 2.39 bits per heavy atom. The molecule has 8 heteroatoms. The van der Waals surface area contributed by atoms with E-state index in [0.29, 0.717) is 31.9 Å². The molecule has 2 aromatic carbocycles. The zero-order chi connectivity index (χ0) is 22.4. The molecular weight excluding hydrogens is 401 g/mol. The molecule has 1 saturated heterocycles. The van der Waals surface area contributed by atoms with E-state index in [-0.39, 0.29) is 24.1 Å². The second-order valence-electron chi connectivity index (χ2n) is 8.18. The van der Waals surface area contributed by atoms with E-state index >= 15 is 4.39 Å². The lowest BCUT2D eigenvalue weighted by Crippen LogP contribution is -2.50. The number of aliphatic imine (C=N–C) groups is 1. The second-order valence-corrected chi connectivity index (χ2v) is 8.18. The zero-order valence-corrected chi connectivity index (χ0v) is 17.9. The molecule has 1 aliphatic rings. The summed E-state index contributed by atoms with van der Waals surface area (Å²) in [4.78, 5) is 30.1. The van der Waals surface area contributed by atoms with Gasteiger partial charge >= 0.3 is 6.09 Å². The van der Waals surface area contributed by atoms with Crippen LogP contribution < -0.4 is 9.64 Å². The molecule has 7 nitrogen and oxygen atoms in total. The van der Waals surface area contributed by atoms with Crippen molar-refractivity contribution in [1.29, 1.82) is 0 Å². The molecule has 31 heavy (non-hydrogen) atoms. The van der Waals surface area contributed by atoms with Gasteiger partial charge in [-0.1, -0.05) is 30.3 Å². The van der Waals surface area contributed by atoms with Crippen molar-refractivity contribution in [2.24, 2.45) is 4.99 Å². The molecule has 1 aliphatic heterocycles. The average molecular weight is 427 g/mol. The van der Waals surface area contributed by atoms with Gasteiger partial charge < -0.3 is 19.3 Å². The minimum absolute atomic E-state index is 0.167. The van der Waals surface area contributed by atoms with Crippen LogP contribution in [0, 0.1) is 5.82 Å². The zero-order valence-electron chi connectivity index (χ0n) is 17.9. The fourth-order valence-electron chi connectivity index (χ4n) is 3.24. The van der Waals surface area contributed by atoms with E-state index in [4.69, 9.17) is 9.47 Å². The third-order valence-corrected chi connectivity index (χ3v) is 4.73. The Labute approximate surface area is 181 Å². The Morgan fingerprint density at radius 2 is 1.77 bits per heavy atom. The molecular formula is C23H26FN3O4. The highest BCUT2D eigenvalue weighted by Crippen LogP contribution is 2.37. The highest BCUT2D eigenvalue weighted by Gasteiger charge is 2.28. The first-order chi connectivity index (χ1) is 14.8. The monoisotopic (exact) mass is 427 g/mol. The summed E-state index contributed by atoms with van der Waals surface area (Å²) in [6.45, 7) is 7.29. The number of halogens is 1. The molecule has 0 unspecified atom stereocenters. The highest BCUT2D eigenvalue weighted by atomic mass is 19.1. The molecule has 0 spiro atoms. The Hall–Kier alpha value is -3.38. The van der Waals surface area contributed by atoms with E-state index in [9.17, 15) is 9.59 Å². The number of isocyanates is 1. The van der Waals surface area contributed by atoms with Crippen molar-refractivity contribution in [2.45, 2.75) is 33.0 Å². The molecule has 3 rings (SSSR count). The topological polar surface area (TPSA) is 71.4 Å². The van der Waals surface area contributed by atoms with Gasteiger partial charge in [0, 0.05) is 26.2 Å². The van der Waals surface area contributed by atoms with Crippen LogP contribution in [0.4, 0.5) is 20.6 Å². The molecule has 1 fully saturated rings. The van der Waals surface area contributed by atoms with Crippen LogP contribution in [0.15, 0.2) is 47.5 Å². The quantitative estimate of drug-likeness (QED) is 0.522. The van der Waals surface area contributed by atoms with Crippen LogP contribution in [0.5, 0.6) is 5.75 Å². The maximum absolute atomic E-state index is 15.2. The number of carbonyl (C=O) groups is 1. The largest absolute Gasteiger partial charge is 0.486 e. The third-order valence-electron chi connectivity index (χ3n) is 4.73. The molecule has 2 aromatic rings. The lowest BCUT2D eigenvalue weighted by Gasteiger charge is -2.37. The molecule has 0 atom stereocenters. The normalized spacial score (nSPS) is 14.1. The average Bonchev–Trinajstić information content (AvgIpc) is 2.74. The molecule has 0 radical (unpaired) electrons. The number of hydrogen-bond donors (Lipinski definition) is 0. The van der Waals surface area contributed by atoms with Gasteiger partial charge in [0.1, 0.15) is 18.0 Å². The van der Waals surface area contributed by atoms with Crippen molar-refractivity contribution in [2.75, 3.05) is 31.1 Å². The lowest BCUT2D eigenvalue weighted by atomic mass is 10.2. The van der Waals surface area contributed by atoms with Gasteiger partial charge in [0.2, 0.25) is 6.08 Å². The summed E-state index contributed by atoms with van der Waals surface area (Å²) in [5, 5.41) is 0. The first-order valence-electron chi connectivity index (χ1n) is 10.1. The Bertz CT molecular complexity index is 961. The van der Waals surface area contributed by atoms with E-state index in [2.05, 4.69) is 4.99 Å². The van der Waals surface area contributed by atoms with Gasteiger partial charge in [0.05, 0.1) is 5.69 Å². The van der Waals surface area contributed by atoms with Gasteiger partial charge in [-0.15, -0.1) is 0 Å². The fourth-order valence-corrected chi connectivity index (χ4v) is 3.24. The fraction of sp³-hybridized carbons (Fsp3) is 0.391. The molecule has 164 valence electrons. The van der Waals surface area contributed by atoms with E-state index in [1.165, 1.54) is 6.08 Å². The van der Waals surface area contributed by atoms with Crippen molar-refractivity contribution in [3.63, 3.8) is 0 Å². The number of ether oxygens (including phenoxy) is 2. The Balaban J connectivity index is 1.72. The van der Waals surface area contributed by atoms with E-state index in [0.717, 1.165) is 5.56 Å². The van der Waals surface area contributed by atoms with Crippen LogP contribution >= 0.6 is 0 Å². The molecule has 0 aromatic heterocycles. The van der Waals surface area contributed by atoms with Crippen LogP contribution in [0.25, 0.3) is 0 Å². The second kappa shape index (κ2) is 9.62. The minimum Gasteiger partial charge on any atom is -0.486 e. The van der Waals surface area contributed by atoms with E-state index in [1.54, 1.807) is 21.9 Å². The summed E-state index contributed by atoms with van der Waals surface area (Å²) in [6, 6.07) is 12.6. The van der Waals surface area contributed by atoms with Gasteiger partial charge in [0.25, 0.3) is 0 Å². The molecule has 1 amide bonds. The number of benzene rings is 2. The number of anilines is 1. The maximum atomic E-state index is 15.2. The molecule has 0 saturated carbocycles. The summed E-state index contributed by atoms with van der Waals surface area (Å²) in [6.07, 6.45) is 1.02. The van der Waals surface area contributed by atoms with Crippen molar-refractivity contribution >= 4 is 23.5 Å². The number of carbonyl (C=O) groups excluding carboxylic acids is 2. The van der Waals surface area contributed by atoms with Crippen LogP contribution in [0.1, 0.15) is 26.3 Å². The number of nitrogens with zero attached hydrogens (tertiary/aromatic N) is 3. The first kappa shape index (κ1) is 22.3. The van der Waals surface area contributed by atoms with Crippen LogP contribution in [-0.2, 0) is 16.1 Å². The number of amides is 1. The number of hydrogen-bond acceptors (Lipinski definition) is 6. The lowest BCUT2D eigenvalue weighted by molar-refractivity contribution is 0.0240. The minimum atomic E-state index is -0.653. The summed E-state index contributed by atoms with van der Waals surface area (Å²) in [7, 11) is 0. The molecule has 0 bridgehead atoms. The van der Waals surface area contributed by atoms with Gasteiger partial charge in [-0.05, 0) is 38.5 Å². The van der Waals surface area contributed by atoms with Crippen molar-refractivity contribution in [3.8, 4) is 5.75 Å². The maximum Gasteiger partial charge on any atom is 0.410 e. The Kier molecular flexibility index (Phi) is 6.92. The van der Waals surface area contributed by atoms with E-state index in [1.807, 2.05) is 51.1 Å². The summed E-state index contributed by atoms with van der Waals surface area (Å²) in [5.41, 5.74) is 0.451. The molecule has 0 N–H and O–H groups in total. The van der Waals surface area contributed by atoms with Crippen molar-refractivity contribution in [3.05, 3.63) is 53.8 Å². The highest BCUT2D eigenvalue weighted by molar-refractivity contribution is 5.70. The number of rotatable bonds is 5. The predicted molar refractivity (Wildman–Crippen MR) is 115 cm³/mol. The summed E-state index contributed by atoms with van der Waals surface area (Å²) < 4.78 is 26.3. The van der Waals surface area contributed by atoms with Crippen LogP contribution in [0.2, 0.25) is 0 Å². The molecule has 0 aliphatic carbocycles. The van der Waals surface area contributed by atoms with Crippen LogP contribution in [-0.4, -0.2) is 48.9 Å². The number of piperazine rings is 1. The van der Waals surface area contributed by atoms with Gasteiger partial charge in [-0.3, -0.25) is 0 Å².